The molecule has 1 saturated carbocycles. The highest BCUT2D eigenvalue weighted by Crippen LogP contribution is 2.58. The Morgan fingerprint density at radius 1 is 1.39 bits per heavy atom. The third kappa shape index (κ3) is 3.40. The number of rotatable bonds is 7. The van der Waals surface area contributed by atoms with Crippen molar-refractivity contribution < 1.29 is 14.7 Å². The average Bonchev–Trinajstić information content (AvgIpc) is 2.82. The van der Waals surface area contributed by atoms with Gasteiger partial charge in [0.2, 0.25) is 5.91 Å². The maximum absolute atomic E-state index is 12.0. The van der Waals surface area contributed by atoms with Gasteiger partial charge in [0.25, 0.3) is 0 Å². The fourth-order valence-corrected chi connectivity index (χ4v) is 3.21. The summed E-state index contributed by atoms with van der Waals surface area (Å²) in [7, 11) is 0. The third-order valence-corrected chi connectivity index (χ3v) is 4.60. The van der Waals surface area contributed by atoms with Crippen molar-refractivity contribution in [3.8, 4) is 0 Å². The Morgan fingerprint density at radius 2 is 2.00 bits per heavy atom. The van der Waals surface area contributed by atoms with E-state index in [2.05, 4.69) is 12.2 Å². The van der Waals surface area contributed by atoms with Crippen LogP contribution in [-0.4, -0.2) is 34.5 Å². The minimum absolute atomic E-state index is 0.110. The van der Waals surface area contributed by atoms with Crippen LogP contribution < -0.4 is 5.32 Å². The van der Waals surface area contributed by atoms with E-state index in [-0.39, 0.29) is 17.9 Å². The molecular weight excluding hydrogens is 250 g/mol. The third-order valence-electron chi connectivity index (χ3n) is 3.66. The van der Waals surface area contributed by atoms with E-state index in [1.165, 1.54) is 0 Å². The molecule has 0 spiro atoms. The molecule has 4 nitrogen and oxygen atoms in total. The van der Waals surface area contributed by atoms with Crippen molar-refractivity contribution >= 4 is 23.6 Å². The van der Waals surface area contributed by atoms with Gasteiger partial charge >= 0.3 is 5.97 Å². The highest BCUT2D eigenvalue weighted by molar-refractivity contribution is 7.99. The highest BCUT2D eigenvalue weighted by Gasteiger charge is 2.65. The maximum Gasteiger partial charge on any atom is 0.307 e. The van der Waals surface area contributed by atoms with Crippen LogP contribution in [-0.2, 0) is 9.59 Å². The predicted molar refractivity (Wildman–Crippen MR) is 73.6 cm³/mol. The molecule has 0 bridgehead atoms. The molecule has 0 heterocycles. The summed E-state index contributed by atoms with van der Waals surface area (Å²) in [5, 5.41) is 12.0. The molecule has 1 fully saturated rings. The van der Waals surface area contributed by atoms with E-state index in [1.54, 1.807) is 0 Å². The lowest BCUT2D eigenvalue weighted by Gasteiger charge is -2.14. The lowest BCUT2D eigenvalue weighted by molar-refractivity contribution is -0.140. The van der Waals surface area contributed by atoms with Crippen molar-refractivity contribution in [1.82, 2.24) is 5.32 Å². The van der Waals surface area contributed by atoms with Gasteiger partial charge in [-0.05, 0) is 30.3 Å². The largest absolute Gasteiger partial charge is 0.481 e. The van der Waals surface area contributed by atoms with E-state index in [4.69, 9.17) is 5.11 Å². The van der Waals surface area contributed by atoms with E-state index >= 15 is 0 Å². The van der Waals surface area contributed by atoms with E-state index < -0.39 is 17.3 Å². The minimum Gasteiger partial charge on any atom is -0.481 e. The first-order valence-corrected chi connectivity index (χ1v) is 7.58. The second-order valence-electron chi connectivity index (χ2n) is 5.51. The molecule has 3 unspecified atom stereocenters. The van der Waals surface area contributed by atoms with Gasteiger partial charge in [0.15, 0.2) is 0 Å². The summed E-state index contributed by atoms with van der Waals surface area (Å²) in [6, 6.07) is 0.113. The second kappa shape index (κ2) is 5.95. The first-order chi connectivity index (χ1) is 8.32. The van der Waals surface area contributed by atoms with Crippen LogP contribution in [0.3, 0.4) is 0 Å². The molecule has 0 aromatic carbocycles. The highest BCUT2D eigenvalue weighted by atomic mass is 32.2. The maximum atomic E-state index is 12.0. The predicted octanol–water partition coefficient (Wildman–Crippen LogP) is 1.99. The zero-order chi connectivity index (χ0) is 13.9. The number of hydrogen-bond donors (Lipinski definition) is 2. The van der Waals surface area contributed by atoms with Gasteiger partial charge in [0.05, 0.1) is 11.8 Å². The van der Waals surface area contributed by atoms with E-state index in [0.29, 0.717) is 0 Å². The van der Waals surface area contributed by atoms with Crippen LogP contribution in [0.15, 0.2) is 0 Å². The zero-order valence-corrected chi connectivity index (χ0v) is 12.3. The number of carboxylic acid groups (broad SMARTS) is 1. The molecule has 0 aromatic heterocycles. The zero-order valence-electron chi connectivity index (χ0n) is 11.5. The number of nitrogens with one attached hydrogen (secondary N) is 1. The summed E-state index contributed by atoms with van der Waals surface area (Å²) in [5.41, 5.74) is -0.409. The van der Waals surface area contributed by atoms with E-state index in [9.17, 15) is 9.59 Å². The van der Waals surface area contributed by atoms with Crippen LogP contribution in [0.5, 0.6) is 0 Å². The van der Waals surface area contributed by atoms with Crippen molar-refractivity contribution in [2.45, 2.75) is 40.2 Å². The van der Waals surface area contributed by atoms with Crippen molar-refractivity contribution in [2.24, 2.45) is 17.3 Å². The molecule has 0 aromatic rings. The van der Waals surface area contributed by atoms with Gasteiger partial charge in [0.1, 0.15) is 0 Å². The number of thioether (sulfide) groups is 1. The van der Waals surface area contributed by atoms with Gasteiger partial charge in [0, 0.05) is 6.04 Å². The van der Waals surface area contributed by atoms with Gasteiger partial charge in [-0.15, -0.1) is 0 Å². The van der Waals surface area contributed by atoms with Gasteiger partial charge in [-0.25, -0.2) is 0 Å². The molecule has 1 aliphatic rings. The molecule has 18 heavy (non-hydrogen) atoms. The smallest absolute Gasteiger partial charge is 0.307 e. The molecule has 0 aliphatic heterocycles. The summed E-state index contributed by atoms with van der Waals surface area (Å²) in [6.45, 7) is 7.76. The van der Waals surface area contributed by atoms with E-state index in [0.717, 1.165) is 17.9 Å². The van der Waals surface area contributed by atoms with Crippen molar-refractivity contribution in [2.75, 3.05) is 11.5 Å². The average molecular weight is 273 g/mol. The molecule has 104 valence electrons. The Labute approximate surface area is 113 Å². The van der Waals surface area contributed by atoms with Crippen LogP contribution in [0.4, 0.5) is 0 Å². The normalized spacial score (nSPS) is 26.4. The van der Waals surface area contributed by atoms with Crippen molar-refractivity contribution in [1.29, 1.82) is 0 Å². The summed E-state index contributed by atoms with van der Waals surface area (Å²) in [4.78, 5) is 23.0. The van der Waals surface area contributed by atoms with Gasteiger partial charge < -0.3 is 10.4 Å². The summed E-state index contributed by atoms with van der Waals surface area (Å²) in [5.74, 6) is 0.216. The van der Waals surface area contributed by atoms with Crippen molar-refractivity contribution in [3.63, 3.8) is 0 Å². The molecule has 2 N–H and O–H groups in total. The molecule has 1 amide bonds. The fraction of sp³-hybridized carbons (Fsp3) is 0.846. The van der Waals surface area contributed by atoms with Crippen LogP contribution in [0.2, 0.25) is 0 Å². The molecular formula is C13H23NO3S. The lowest BCUT2D eigenvalue weighted by atomic mass is 10.1. The number of hydrogen-bond acceptors (Lipinski definition) is 3. The molecule has 3 atom stereocenters. The lowest BCUT2D eigenvalue weighted by Crippen LogP contribution is -2.35. The number of carbonyl (C=O) groups excluding carboxylic acids is 1. The molecule has 1 rings (SSSR count). The van der Waals surface area contributed by atoms with Gasteiger partial charge in [-0.2, -0.15) is 11.8 Å². The minimum atomic E-state index is -0.866. The van der Waals surface area contributed by atoms with Gasteiger partial charge in [-0.1, -0.05) is 20.8 Å². The second-order valence-corrected chi connectivity index (χ2v) is 6.90. The number of carbonyl (C=O) groups is 2. The summed E-state index contributed by atoms with van der Waals surface area (Å²) >= 11 is 1.85. The van der Waals surface area contributed by atoms with Crippen LogP contribution in [0, 0.1) is 17.3 Å². The topological polar surface area (TPSA) is 66.4 Å². The first kappa shape index (κ1) is 15.3. The molecule has 0 radical (unpaired) electrons. The van der Waals surface area contributed by atoms with Crippen LogP contribution >= 0.6 is 11.8 Å². The van der Waals surface area contributed by atoms with Crippen LogP contribution in [0.1, 0.15) is 34.1 Å². The number of aliphatic carboxylic acids is 1. The van der Waals surface area contributed by atoms with E-state index in [1.807, 2.05) is 32.5 Å². The number of amides is 1. The quantitative estimate of drug-likeness (QED) is 0.696. The molecule has 0 saturated heterocycles. The Hall–Kier alpha value is -0.710. The Morgan fingerprint density at radius 3 is 2.44 bits per heavy atom. The molecule has 5 heteroatoms. The number of carboxylic acids is 1. The van der Waals surface area contributed by atoms with Gasteiger partial charge in [-0.3, -0.25) is 9.59 Å². The Bertz CT molecular complexity index is 330. The van der Waals surface area contributed by atoms with Crippen LogP contribution in [0.25, 0.3) is 0 Å². The standard InChI is InChI=1S/C13H23NO3S/c1-5-18-7-6-8(2)14-11(15)9-10(12(16)17)13(9,3)4/h8-10H,5-7H2,1-4H3,(H,14,15)(H,16,17). The SMILES string of the molecule is CCSCCC(C)NC(=O)C1C(C(=O)O)C1(C)C. The first-order valence-electron chi connectivity index (χ1n) is 6.43. The molecule has 1 aliphatic carbocycles. The van der Waals surface area contributed by atoms with Crippen molar-refractivity contribution in [3.05, 3.63) is 0 Å². The summed E-state index contributed by atoms with van der Waals surface area (Å²) in [6.07, 6.45) is 0.926. The summed E-state index contributed by atoms with van der Waals surface area (Å²) < 4.78 is 0. The fourth-order valence-electron chi connectivity index (χ4n) is 2.40. The monoisotopic (exact) mass is 273 g/mol. The Kier molecular flexibility index (Phi) is 5.08. The Balaban J connectivity index is 2.40.